The van der Waals surface area contributed by atoms with Crippen LogP contribution in [-0.4, -0.2) is 21.9 Å². The Hall–Kier alpha value is -2.55. The van der Waals surface area contributed by atoms with Crippen molar-refractivity contribution in [2.75, 3.05) is 6.61 Å². The van der Waals surface area contributed by atoms with Crippen LogP contribution in [0.4, 0.5) is 0 Å². The van der Waals surface area contributed by atoms with Crippen molar-refractivity contribution in [1.29, 1.82) is 5.26 Å². The molecule has 0 aliphatic carbocycles. The van der Waals surface area contributed by atoms with Gasteiger partial charge in [0.2, 0.25) is 0 Å². The Morgan fingerprint density at radius 3 is 2.76 bits per heavy atom. The lowest BCUT2D eigenvalue weighted by Crippen LogP contribution is -2.21. The SMILES string of the molecule is Cn1c([C@@H](C#N)C(=O)COc2ccc(Cl)cc2Cl)nc2ccccc21. The number of hydrogen-bond acceptors (Lipinski definition) is 4. The number of imidazole rings is 1. The predicted octanol–water partition coefficient (Wildman–Crippen LogP) is 4.14. The zero-order valence-electron chi connectivity index (χ0n) is 13.2. The third-order valence-corrected chi connectivity index (χ3v) is 4.33. The average molecular weight is 374 g/mol. The van der Waals surface area contributed by atoms with E-state index in [1.54, 1.807) is 23.7 Å². The molecule has 126 valence electrons. The van der Waals surface area contributed by atoms with Crippen molar-refractivity contribution in [2.24, 2.45) is 7.05 Å². The van der Waals surface area contributed by atoms with Gasteiger partial charge in [-0.05, 0) is 30.3 Å². The predicted molar refractivity (Wildman–Crippen MR) is 96.0 cm³/mol. The number of ketones is 1. The van der Waals surface area contributed by atoms with E-state index >= 15 is 0 Å². The molecule has 0 aliphatic rings. The molecule has 0 saturated carbocycles. The summed E-state index contributed by atoms with van der Waals surface area (Å²) in [6.07, 6.45) is 0. The summed E-state index contributed by atoms with van der Waals surface area (Å²) >= 11 is 11.8. The van der Waals surface area contributed by atoms with Gasteiger partial charge in [-0.15, -0.1) is 0 Å². The number of fused-ring (bicyclic) bond motifs is 1. The molecule has 0 saturated heterocycles. The fourth-order valence-corrected chi connectivity index (χ4v) is 2.98. The second-order valence-corrected chi connectivity index (χ2v) is 6.25. The second-order valence-electron chi connectivity index (χ2n) is 5.41. The highest BCUT2D eigenvalue weighted by atomic mass is 35.5. The fraction of sp³-hybridized carbons (Fsp3) is 0.167. The first-order valence-electron chi connectivity index (χ1n) is 7.43. The smallest absolute Gasteiger partial charge is 0.194 e. The van der Waals surface area contributed by atoms with Crippen molar-refractivity contribution < 1.29 is 9.53 Å². The van der Waals surface area contributed by atoms with Gasteiger partial charge < -0.3 is 9.30 Å². The highest BCUT2D eigenvalue weighted by molar-refractivity contribution is 6.35. The van der Waals surface area contributed by atoms with Crippen molar-refractivity contribution in [3.05, 3.63) is 58.3 Å². The molecule has 25 heavy (non-hydrogen) atoms. The summed E-state index contributed by atoms with van der Waals surface area (Å²) < 4.78 is 7.19. The second kappa shape index (κ2) is 7.14. The van der Waals surface area contributed by atoms with E-state index in [1.165, 1.54) is 6.07 Å². The van der Waals surface area contributed by atoms with E-state index in [9.17, 15) is 10.1 Å². The van der Waals surface area contributed by atoms with E-state index in [-0.39, 0.29) is 6.61 Å². The molecule has 1 heterocycles. The van der Waals surface area contributed by atoms with E-state index < -0.39 is 11.7 Å². The number of aryl methyl sites for hydroxylation is 1. The Morgan fingerprint density at radius 1 is 1.32 bits per heavy atom. The van der Waals surface area contributed by atoms with E-state index in [1.807, 2.05) is 30.3 Å². The van der Waals surface area contributed by atoms with Crippen LogP contribution in [0.5, 0.6) is 5.75 Å². The number of carbonyl (C=O) groups excluding carboxylic acids is 1. The normalized spacial score (nSPS) is 11.9. The molecule has 7 heteroatoms. The summed E-state index contributed by atoms with van der Waals surface area (Å²) in [5, 5.41) is 10.2. The summed E-state index contributed by atoms with van der Waals surface area (Å²) in [6, 6.07) is 14.2. The Balaban J connectivity index is 1.81. The van der Waals surface area contributed by atoms with Gasteiger partial charge in [0.15, 0.2) is 11.7 Å². The number of benzene rings is 2. The minimum Gasteiger partial charge on any atom is -0.484 e. The largest absolute Gasteiger partial charge is 0.484 e. The van der Waals surface area contributed by atoms with Crippen molar-refractivity contribution in [1.82, 2.24) is 9.55 Å². The van der Waals surface area contributed by atoms with Gasteiger partial charge in [0.05, 0.1) is 22.1 Å². The molecule has 1 aromatic heterocycles. The number of rotatable bonds is 5. The van der Waals surface area contributed by atoms with Crippen LogP contribution in [0.2, 0.25) is 10.0 Å². The molecular weight excluding hydrogens is 361 g/mol. The summed E-state index contributed by atoms with van der Waals surface area (Å²) in [7, 11) is 1.78. The molecule has 5 nitrogen and oxygen atoms in total. The van der Waals surface area contributed by atoms with Crippen LogP contribution in [0.3, 0.4) is 0 Å². The molecule has 0 unspecified atom stereocenters. The lowest BCUT2D eigenvalue weighted by molar-refractivity contribution is -0.121. The number of hydrogen-bond donors (Lipinski definition) is 0. The highest BCUT2D eigenvalue weighted by Crippen LogP contribution is 2.28. The number of halogens is 2. The molecule has 0 radical (unpaired) electrons. The first-order chi connectivity index (χ1) is 12.0. The molecule has 3 rings (SSSR count). The third kappa shape index (κ3) is 3.46. The van der Waals surface area contributed by atoms with Crippen LogP contribution in [0.15, 0.2) is 42.5 Å². The van der Waals surface area contributed by atoms with Gasteiger partial charge in [-0.1, -0.05) is 35.3 Å². The third-order valence-electron chi connectivity index (χ3n) is 3.79. The van der Waals surface area contributed by atoms with Gasteiger partial charge in [0.25, 0.3) is 0 Å². The van der Waals surface area contributed by atoms with Crippen LogP contribution < -0.4 is 4.74 Å². The molecular formula is C18H13Cl2N3O2. The average Bonchev–Trinajstić information content (AvgIpc) is 2.92. The summed E-state index contributed by atoms with van der Waals surface area (Å²) in [6.45, 7) is -0.289. The van der Waals surface area contributed by atoms with E-state index in [4.69, 9.17) is 27.9 Å². The van der Waals surface area contributed by atoms with Crippen LogP contribution in [0.1, 0.15) is 11.7 Å². The summed E-state index contributed by atoms with van der Waals surface area (Å²) in [5.74, 6) is -0.698. The number of carbonyl (C=O) groups is 1. The van der Waals surface area contributed by atoms with Crippen molar-refractivity contribution in [3.63, 3.8) is 0 Å². The number of para-hydroxylation sites is 2. The van der Waals surface area contributed by atoms with E-state index in [0.29, 0.717) is 21.6 Å². The molecule has 2 aromatic carbocycles. The van der Waals surface area contributed by atoms with Gasteiger partial charge in [0, 0.05) is 12.1 Å². The van der Waals surface area contributed by atoms with Crippen molar-refractivity contribution in [2.45, 2.75) is 5.92 Å². The zero-order chi connectivity index (χ0) is 18.0. The molecule has 0 N–H and O–H groups in total. The maximum absolute atomic E-state index is 12.5. The molecule has 0 spiro atoms. The maximum atomic E-state index is 12.5. The van der Waals surface area contributed by atoms with Crippen LogP contribution in [0.25, 0.3) is 11.0 Å². The number of aromatic nitrogens is 2. The van der Waals surface area contributed by atoms with E-state index in [0.717, 1.165) is 11.0 Å². The lowest BCUT2D eigenvalue weighted by Gasteiger charge is -2.11. The lowest BCUT2D eigenvalue weighted by atomic mass is 10.1. The van der Waals surface area contributed by atoms with Gasteiger partial charge in [-0.2, -0.15) is 5.26 Å². The van der Waals surface area contributed by atoms with Crippen molar-refractivity contribution in [3.8, 4) is 11.8 Å². The Bertz CT molecular complexity index is 992. The van der Waals surface area contributed by atoms with Gasteiger partial charge in [-0.3, -0.25) is 4.79 Å². The number of nitriles is 1. The Labute approximate surface area is 154 Å². The molecule has 0 bridgehead atoms. The zero-order valence-corrected chi connectivity index (χ0v) is 14.8. The number of nitrogens with zero attached hydrogens (tertiary/aromatic N) is 3. The Morgan fingerprint density at radius 2 is 2.08 bits per heavy atom. The van der Waals surface area contributed by atoms with Gasteiger partial charge in [-0.25, -0.2) is 4.98 Å². The molecule has 0 aliphatic heterocycles. The van der Waals surface area contributed by atoms with Crippen LogP contribution in [0, 0.1) is 11.3 Å². The van der Waals surface area contributed by atoms with Crippen molar-refractivity contribution >= 4 is 40.0 Å². The topological polar surface area (TPSA) is 67.9 Å². The van der Waals surface area contributed by atoms with E-state index in [2.05, 4.69) is 4.98 Å². The highest BCUT2D eigenvalue weighted by Gasteiger charge is 2.26. The number of ether oxygens (including phenoxy) is 1. The molecule has 0 fully saturated rings. The molecule has 3 aromatic rings. The standard InChI is InChI=1S/C18H13Cl2N3O2/c1-23-15-5-3-2-4-14(15)22-18(23)12(9-21)16(24)10-25-17-7-6-11(19)8-13(17)20/h2-8,12H,10H2,1H3/t12-/m0/s1. The van der Waals surface area contributed by atoms with Gasteiger partial charge >= 0.3 is 0 Å². The first-order valence-corrected chi connectivity index (χ1v) is 8.18. The van der Waals surface area contributed by atoms with Gasteiger partial charge in [0.1, 0.15) is 18.2 Å². The quantitative estimate of drug-likeness (QED) is 0.673. The number of Topliss-reactive ketones (excluding diaryl/α,β-unsaturated/α-hetero) is 1. The summed E-state index contributed by atoms with van der Waals surface area (Å²) in [4.78, 5) is 16.9. The minimum absolute atomic E-state index is 0.289. The monoisotopic (exact) mass is 373 g/mol. The summed E-state index contributed by atoms with van der Waals surface area (Å²) in [5.41, 5.74) is 1.59. The van der Waals surface area contributed by atoms with Crippen LogP contribution >= 0.6 is 23.2 Å². The fourth-order valence-electron chi connectivity index (χ4n) is 2.52. The molecule has 1 atom stereocenters. The minimum atomic E-state index is -1.02. The van der Waals surface area contributed by atoms with Crippen LogP contribution in [-0.2, 0) is 11.8 Å². The Kier molecular flexibility index (Phi) is 4.93. The molecule has 0 amide bonds. The maximum Gasteiger partial charge on any atom is 0.194 e. The first kappa shape index (κ1) is 17.3.